The number of carbonyl (C=O) groups is 2. The van der Waals surface area contributed by atoms with E-state index in [0.717, 1.165) is 11.6 Å². The third kappa shape index (κ3) is 4.41. The fraction of sp³-hybridized carbons (Fsp3) is 0.316. The summed E-state index contributed by atoms with van der Waals surface area (Å²) in [7, 11) is 1.58. The van der Waals surface area contributed by atoms with Gasteiger partial charge in [0.05, 0.1) is 12.0 Å². The molecule has 1 aliphatic rings. The second-order valence-electron chi connectivity index (χ2n) is 6.61. The summed E-state index contributed by atoms with van der Waals surface area (Å²) < 4.78 is 47.1. The Morgan fingerprint density at radius 3 is 2.59 bits per heavy atom. The van der Waals surface area contributed by atoms with Gasteiger partial charge in [0.25, 0.3) is 5.88 Å². The molecule has 10 heteroatoms. The molecular weight excluding hydrogens is 391 g/mol. The number of nitrogens with one attached hydrogen (secondary N) is 1. The molecule has 0 spiro atoms. The van der Waals surface area contributed by atoms with E-state index in [9.17, 15) is 22.8 Å². The van der Waals surface area contributed by atoms with E-state index < -0.39 is 30.1 Å². The zero-order valence-corrected chi connectivity index (χ0v) is 15.8. The third-order valence-electron chi connectivity index (χ3n) is 4.59. The molecule has 1 aromatic carbocycles. The number of pyridine rings is 1. The lowest BCUT2D eigenvalue weighted by molar-refractivity contribution is -0.275. The summed E-state index contributed by atoms with van der Waals surface area (Å²) in [6, 6.07) is 6.21. The maximum Gasteiger partial charge on any atom is 0.573 e. The van der Waals surface area contributed by atoms with Crippen LogP contribution in [0, 0.1) is 12.8 Å². The topological polar surface area (TPSA) is 80.8 Å². The Morgan fingerprint density at radius 1 is 1.21 bits per heavy atom. The predicted molar refractivity (Wildman–Crippen MR) is 95.4 cm³/mol. The van der Waals surface area contributed by atoms with Crippen molar-refractivity contribution in [1.82, 2.24) is 15.2 Å². The van der Waals surface area contributed by atoms with Crippen LogP contribution >= 0.6 is 0 Å². The fourth-order valence-electron chi connectivity index (χ4n) is 3.20. The molecule has 3 amide bonds. The first-order valence-corrected chi connectivity index (χ1v) is 8.63. The number of ether oxygens (including phenoxy) is 2. The summed E-state index contributed by atoms with van der Waals surface area (Å²) >= 11 is 0. The molecule has 2 aromatic rings. The van der Waals surface area contributed by atoms with Crippen LogP contribution in [0.25, 0.3) is 0 Å². The maximum absolute atomic E-state index is 12.5. The number of halogens is 3. The summed E-state index contributed by atoms with van der Waals surface area (Å²) in [4.78, 5) is 29.2. The van der Waals surface area contributed by atoms with Crippen LogP contribution in [0.4, 0.5) is 18.0 Å². The van der Waals surface area contributed by atoms with Gasteiger partial charge in [-0.2, -0.15) is 0 Å². The van der Waals surface area contributed by atoms with Gasteiger partial charge in [-0.25, -0.2) is 9.78 Å². The van der Waals surface area contributed by atoms with Gasteiger partial charge in [0.15, 0.2) is 5.75 Å². The van der Waals surface area contributed by atoms with E-state index in [2.05, 4.69) is 15.0 Å². The summed E-state index contributed by atoms with van der Waals surface area (Å²) in [5, 5.41) is 2.28. The number of rotatable bonds is 4. The van der Waals surface area contributed by atoms with Crippen molar-refractivity contribution < 1.29 is 32.2 Å². The molecule has 1 aromatic heterocycles. The van der Waals surface area contributed by atoms with Crippen LogP contribution in [0.1, 0.15) is 24.1 Å². The van der Waals surface area contributed by atoms with Gasteiger partial charge >= 0.3 is 12.4 Å². The van der Waals surface area contributed by atoms with Crippen molar-refractivity contribution in [3.8, 4) is 17.4 Å². The molecule has 3 rings (SSSR count). The smallest absolute Gasteiger partial charge is 0.436 e. The van der Waals surface area contributed by atoms with Crippen LogP contribution in [0.2, 0.25) is 0 Å². The lowest BCUT2D eigenvalue weighted by Gasteiger charge is -2.37. The van der Waals surface area contributed by atoms with Gasteiger partial charge in [-0.05, 0) is 42.3 Å². The lowest BCUT2D eigenvalue weighted by atomic mass is 9.88. The molecule has 154 valence electrons. The Bertz CT molecular complexity index is 929. The molecule has 2 heterocycles. The van der Waals surface area contributed by atoms with Gasteiger partial charge < -0.3 is 14.4 Å². The van der Waals surface area contributed by atoms with Crippen LogP contribution < -0.4 is 14.8 Å². The number of amides is 3. The second-order valence-corrected chi connectivity index (χ2v) is 6.61. The molecule has 0 saturated carbocycles. The van der Waals surface area contributed by atoms with Gasteiger partial charge in [0, 0.05) is 13.2 Å². The minimum atomic E-state index is -4.88. The molecule has 1 saturated heterocycles. The minimum absolute atomic E-state index is 0.235. The largest absolute Gasteiger partial charge is 0.573 e. The van der Waals surface area contributed by atoms with Crippen LogP contribution in [0.5, 0.6) is 17.4 Å². The molecule has 0 radical (unpaired) electrons. The van der Waals surface area contributed by atoms with Crippen LogP contribution in [-0.4, -0.2) is 35.2 Å². The summed E-state index contributed by atoms with van der Waals surface area (Å²) in [5.41, 5.74) is 1.42. The Hall–Kier alpha value is -3.30. The van der Waals surface area contributed by atoms with E-state index >= 15 is 0 Å². The van der Waals surface area contributed by atoms with Crippen molar-refractivity contribution >= 4 is 11.9 Å². The van der Waals surface area contributed by atoms with Crippen molar-refractivity contribution in [3.05, 3.63) is 47.7 Å². The molecule has 1 N–H and O–H groups in total. The van der Waals surface area contributed by atoms with E-state index in [1.165, 1.54) is 23.2 Å². The Kier molecular flexibility index (Phi) is 5.36. The number of aromatic nitrogens is 1. The van der Waals surface area contributed by atoms with Gasteiger partial charge in [-0.3, -0.25) is 10.1 Å². The molecule has 1 aliphatic heterocycles. The molecule has 0 bridgehead atoms. The normalized spacial score (nSPS) is 19.7. The van der Waals surface area contributed by atoms with Crippen LogP contribution in [0.15, 0.2) is 36.5 Å². The highest BCUT2D eigenvalue weighted by molar-refractivity contribution is 5.98. The average Bonchev–Trinajstić information content (AvgIpc) is 2.62. The molecule has 29 heavy (non-hydrogen) atoms. The average molecular weight is 409 g/mol. The highest BCUT2D eigenvalue weighted by Gasteiger charge is 2.38. The fourth-order valence-corrected chi connectivity index (χ4v) is 3.20. The van der Waals surface area contributed by atoms with Crippen LogP contribution in [0.3, 0.4) is 0 Å². The maximum atomic E-state index is 12.5. The number of benzene rings is 1. The monoisotopic (exact) mass is 409 g/mol. The van der Waals surface area contributed by atoms with Crippen LogP contribution in [-0.2, 0) is 4.79 Å². The third-order valence-corrected chi connectivity index (χ3v) is 4.59. The lowest BCUT2D eigenvalue weighted by Crippen LogP contribution is -2.53. The number of hydrogen-bond acceptors (Lipinski definition) is 5. The van der Waals surface area contributed by atoms with Gasteiger partial charge in [0.2, 0.25) is 5.91 Å². The number of carbonyl (C=O) groups excluding carboxylic acids is 2. The molecule has 0 aliphatic carbocycles. The molecule has 7 nitrogen and oxygen atoms in total. The summed E-state index contributed by atoms with van der Waals surface area (Å²) in [6.07, 6.45) is -3.60. The highest BCUT2D eigenvalue weighted by Crippen LogP contribution is 2.37. The highest BCUT2D eigenvalue weighted by atomic mass is 19.4. The van der Waals surface area contributed by atoms with E-state index in [1.54, 1.807) is 33.0 Å². The van der Waals surface area contributed by atoms with E-state index in [0.29, 0.717) is 5.56 Å². The Morgan fingerprint density at radius 2 is 1.93 bits per heavy atom. The number of nitrogens with zero attached hydrogens (tertiary/aromatic N) is 2. The van der Waals surface area contributed by atoms with Crippen molar-refractivity contribution in [3.63, 3.8) is 0 Å². The van der Waals surface area contributed by atoms with Crippen molar-refractivity contribution in [1.29, 1.82) is 0 Å². The first kappa shape index (κ1) is 20.4. The van der Waals surface area contributed by atoms with Gasteiger partial charge in [-0.15, -0.1) is 13.2 Å². The Balaban J connectivity index is 1.88. The van der Waals surface area contributed by atoms with Crippen molar-refractivity contribution in [2.75, 3.05) is 7.05 Å². The summed E-state index contributed by atoms with van der Waals surface area (Å²) in [6.45, 7) is 3.47. The number of urea groups is 1. The Labute approximate surface area is 164 Å². The number of hydrogen-bond donors (Lipinski definition) is 1. The zero-order valence-electron chi connectivity index (χ0n) is 15.8. The first-order valence-electron chi connectivity index (χ1n) is 8.63. The van der Waals surface area contributed by atoms with Gasteiger partial charge in [0.1, 0.15) is 5.75 Å². The molecule has 2 unspecified atom stereocenters. The zero-order chi connectivity index (χ0) is 21.3. The number of aryl methyl sites for hydroxylation is 1. The SMILES string of the molecule is Cc1cc(Oc2ncccc2OC(F)(F)F)ccc1C1C(C)C(=O)NC(=O)N1C. The van der Waals surface area contributed by atoms with E-state index in [-0.39, 0.29) is 17.5 Å². The van der Waals surface area contributed by atoms with Crippen molar-refractivity contribution in [2.24, 2.45) is 5.92 Å². The first-order chi connectivity index (χ1) is 13.6. The van der Waals surface area contributed by atoms with Crippen molar-refractivity contribution in [2.45, 2.75) is 26.3 Å². The number of alkyl halides is 3. The summed E-state index contributed by atoms with van der Waals surface area (Å²) in [5.74, 6) is -1.52. The quantitative estimate of drug-likeness (QED) is 0.827. The molecular formula is C19H18F3N3O4. The predicted octanol–water partition coefficient (Wildman–Crippen LogP) is 3.94. The van der Waals surface area contributed by atoms with Gasteiger partial charge in [-0.1, -0.05) is 13.0 Å². The minimum Gasteiger partial charge on any atom is -0.436 e. The van der Waals surface area contributed by atoms with E-state index in [4.69, 9.17) is 4.74 Å². The standard InChI is InChI=1S/C19H18F3N3O4/c1-10-9-12(28-17-14(5-4-8-23-17)29-19(20,21)22)6-7-13(10)15-11(2)16(26)24-18(27)25(15)3/h4-9,11,15H,1-3H3,(H,24,26,27). The molecule has 2 atom stereocenters. The van der Waals surface area contributed by atoms with E-state index in [1.807, 2.05) is 0 Å². The second kappa shape index (κ2) is 7.61. The molecule has 1 fully saturated rings. The number of imide groups is 1.